The average molecular weight is 286 g/mol. The van der Waals surface area contributed by atoms with Crippen molar-refractivity contribution >= 4 is 23.6 Å². The normalized spacial score (nSPS) is 19.9. The first-order valence-electron chi connectivity index (χ1n) is 6.79. The van der Waals surface area contributed by atoms with Crippen LogP contribution in [0.25, 0.3) is 0 Å². The maximum absolute atomic E-state index is 12.0. The molecule has 5 heteroatoms. The Morgan fingerprint density at radius 1 is 1.47 bits per heavy atom. The van der Waals surface area contributed by atoms with Gasteiger partial charge in [0, 0.05) is 50.2 Å². The number of rotatable bonds is 5. The molecular weight excluding hydrogens is 260 g/mol. The van der Waals surface area contributed by atoms with Crippen molar-refractivity contribution in [2.45, 2.75) is 39.2 Å². The van der Waals surface area contributed by atoms with Crippen molar-refractivity contribution in [2.75, 3.05) is 32.1 Å². The SMILES string of the molecule is CSCCC(=O)N(C)CC1CC(=O)N(C(C)(C)C)C1. The van der Waals surface area contributed by atoms with Gasteiger partial charge in [0.2, 0.25) is 11.8 Å². The average Bonchev–Trinajstić information content (AvgIpc) is 2.66. The van der Waals surface area contributed by atoms with Gasteiger partial charge in [0.1, 0.15) is 0 Å². The molecule has 1 rings (SSSR count). The van der Waals surface area contributed by atoms with E-state index < -0.39 is 0 Å². The minimum Gasteiger partial charge on any atom is -0.345 e. The predicted octanol–water partition coefficient (Wildman–Crippen LogP) is 1.84. The van der Waals surface area contributed by atoms with Crippen LogP contribution in [0.5, 0.6) is 0 Å². The van der Waals surface area contributed by atoms with Crippen molar-refractivity contribution in [3.05, 3.63) is 0 Å². The highest BCUT2D eigenvalue weighted by Gasteiger charge is 2.36. The number of carbonyl (C=O) groups excluding carboxylic acids is 2. The highest BCUT2D eigenvalue weighted by atomic mass is 32.2. The summed E-state index contributed by atoms with van der Waals surface area (Å²) in [5.41, 5.74) is -0.118. The second kappa shape index (κ2) is 6.64. The van der Waals surface area contributed by atoms with E-state index in [4.69, 9.17) is 0 Å². The van der Waals surface area contributed by atoms with E-state index in [0.29, 0.717) is 19.4 Å². The maximum Gasteiger partial charge on any atom is 0.223 e. The summed E-state index contributed by atoms with van der Waals surface area (Å²) in [6, 6.07) is 0. The zero-order valence-electron chi connectivity index (χ0n) is 12.7. The summed E-state index contributed by atoms with van der Waals surface area (Å²) < 4.78 is 0. The van der Waals surface area contributed by atoms with Crippen molar-refractivity contribution in [3.63, 3.8) is 0 Å². The molecule has 2 amide bonds. The molecule has 0 saturated carbocycles. The topological polar surface area (TPSA) is 40.6 Å². The van der Waals surface area contributed by atoms with E-state index in [1.165, 1.54) is 0 Å². The third-order valence-corrected chi connectivity index (χ3v) is 4.11. The summed E-state index contributed by atoms with van der Waals surface area (Å²) >= 11 is 1.68. The summed E-state index contributed by atoms with van der Waals surface area (Å²) in [4.78, 5) is 27.5. The number of hydrogen-bond donors (Lipinski definition) is 0. The summed E-state index contributed by atoms with van der Waals surface area (Å²) in [5, 5.41) is 0. The van der Waals surface area contributed by atoms with E-state index in [2.05, 4.69) is 20.8 Å². The van der Waals surface area contributed by atoms with Gasteiger partial charge < -0.3 is 9.80 Å². The molecule has 19 heavy (non-hydrogen) atoms. The van der Waals surface area contributed by atoms with Gasteiger partial charge in [0.05, 0.1) is 0 Å². The molecule has 1 fully saturated rings. The summed E-state index contributed by atoms with van der Waals surface area (Å²) in [5.74, 6) is 1.52. The lowest BCUT2D eigenvalue weighted by Gasteiger charge is -2.32. The molecule has 1 heterocycles. The number of likely N-dealkylation sites (tertiary alicyclic amines) is 1. The number of thioether (sulfide) groups is 1. The first-order chi connectivity index (χ1) is 8.75. The minimum atomic E-state index is -0.118. The molecule has 0 N–H and O–H groups in total. The van der Waals surface area contributed by atoms with Gasteiger partial charge in [-0.2, -0.15) is 11.8 Å². The Hall–Kier alpha value is -0.710. The van der Waals surface area contributed by atoms with E-state index >= 15 is 0 Å². The fourth-order valence-electron chi connectivity index (χ4n) is 2.42. The zero-order valence-corrected chi connectivity index (χ0v) is 13.5. The summed E-state index contributed by atoms with van der Waals surface area (Å²) in [6.45, 7) is 7.62. The van der Waals surface area contributed by atoms with Gasteiger partial charge in [0.25, 0.3) is 0 Å². The molecule has 0 radical (unpaired) electrons. The van der Waals surface area contributed by atoms with Crippen LogP contribution in [0.4, 0.5) is 0 Å². The molecule has 4 nitrogen and oxygen atoms in total. The number of nitrogens with zero attached hydrogens (tertiary/aromatic N) is 2. The van der Waals surface area contributed by atoms with E-state index in [1.807, 2.05) is 18.2 Å². The smallest absolute Gasteiger partial charge is 0.223 e. The minimum absolute atomic E-state index is 0.118. The van der Waals surface area contributed by atoms with Gasteiger partial charge in [-0.1, -0.05) is 0 Å². The molecule has 0 aromatic rings. The Labute approximate surface area is 120 Å². The lowest BCUT2D eigenvalue weighted by molar-refractivity contribution is -0.132. The van der Waals surface area contributed by atoms with Crippen LogP contribution in [-0.2, 0) is 9.59 Å². The van der Waals surface area contributed by atoms with Crippen molar-refractivity contribution in [3.8, 4) is 0 Å². The van der Waals surface area contributed by atoms with Crippen LogP contribution >= 0.6 is 11.8 Å². The first-order valence-corrected chi connectivity index (χ1v) is 8.18. The lowest BCUT2D eigenvalue weighted by Crippen LogP contribution is -2.43. The van der Waals surface area contributed by atoms with Crippen LogP contribution in [0.15, 0.2) is 0 Å². The van der Waals surface area contributed by atoms with Crippen molar-refractivity contribution < 1.29 is 9.59 Å². The summed E-state index contributed by atoms with van der Waals surface area (Å²) in [7, 11) is 1.84. The van der Waals surface area contributed by atoms with Crippen LogP contribution < -0.4 is 0 Å². The third kappa shape index (κ3) is 4.71. The van der Waals surface area contributed by atoms with Gasteiger partial charge in [-0.3, -0.25) is 9.59 Å². The second-order valence-corrected chi connectivity index (χ2v) is 7.25. The number of hydrogen-bond acceptors (Lipinski definition) is 3. The number of carbonyl (C=O) groups is 2. The Morgan fingerprint density at radius 2 is 2.11 bits per heavy atom. The van der Waals surface area contributed by atoms with Crippen LogP contribution in [0.1, 0.15) is 33.6 Å². The van der Waals surface area contributed by atoms with Crippen molar-refractivity contribution in [1.29, 1.82) is 0 Å². The van der Waals surface area contributed by atoms with Crippen LogP contribution in [0, 0.1) is 5.92 Å². The zero-order chi connectivity index (χ0) is 14.6. The van der Waals surface area contributed by atoms with E-state index in [-0.39, 0.29) is 23.3 Å². The van der Waals surface area contributed by atoms with E-state index in [9.17, 15) is 9.59 Å². The molecule has 1 aliphatic heterocycles. The molecule has 110 valence electrons. The standard InChI is InChI=1S/C14H26N2O2S/c1-14(2,3)16-10-11(8-13(16)18)9-15(4)12(17)6-7-19-5/h11H,6-10H2,1-5H3. The molecule has 1 aliphatic rings. The quantitative estimate of drug-likeness (QED) is 0.774. The van der Waals surface area contributed by atoms with Crippen molar-refractivity contribution in [1.82, 2.24) is 9.80 Å². The molecular formula is C14H26N2O2S. The Kier molecular flexibility index (Phi) is 5.71. The van der Waals surface area contributed by atoms with E-state index in [1.54, 1.807) is 16.7 Å². The van der Waals surface area contributed by atoms with Crippen LogP contribution in [0.3, 0.4) is 0 Å². The Bertz CT molecular complexity index is 339. The largest absolute Gasteiger partial charge is 0.345 e. The highest BCUT2D eigenvalue weighted by Crippen LogP contribution is 2.26. The molecule has 0 aliphatic carbocycles. The van der Waals surface area contributed by atoms with E-state index in [0.717, 1.165) is 12.3 Å². The molecule has 1 unspecified atom stereocenters. The Morgan fingerprint density at radius 3 is 2.58 bits per heavy atom. The molecule has 1 atom stereocenters. The van der Waals surface area contributed by atoms with Crippen LogP contribution in [-0.4, -0.2) is 59.3 Å². The fraction of sp³-hybridized carbons (Fsp3) is 0.857. The first kappa shape index (κ1) is 16.3. The lowest BCUT2D eigenvalue weighted by atomic mass is 10.1. The second-order valence-electron chi connectivity index (χ2n) is 6.26. The van der Waals surface area contributed by atoms with Crippen molar-refractivity contribution in [2.24, 2.45) is 5.92 Å². The molecule has 0 aromatic heterocycles. The van der Waals surface area contributed by atoms with Gasteiger partial charge >= 0.3 is 0 Å². The Balaban J connectivity index is 2.47. The predicted molar refractivity (Wildman–Crippen MR) is 80.2 cm³/mol. The number of amides is 2. The van der Waals surface area contributed by atoms with Gasteiger partial charge in [-0.25, -0.2) is 0 Å². The highest BCUT2D eigenvalue weighted by molar-refractivity contribution is 7.98. The summed E-state index contributed by atoms with van der Waals surface area (Å²) in [6.07, 6.45) is 3.16. The maximum atomic E-state index is 12.0. The molecule has 1 saturated heterocycles. The molecule has 0 aromatic carbocycles. The van der Waals surface area contributed by atoms with Gasteiger partial charge in [-0.15, -0.1) is 0 Å². The van der Waals surface area contributed by atoms with Crippen LogP contribution in [0.2, 0.25) is 0 Å². The monoisotopic (exact) mass is 286 g/mol. The fourth-order valence-corrected chi connectivity index (χ4v) is 2.80. The molecule has 0 spiro atoms. The third-order valence-electron chi connectivity index (χ3n) is 3.49. The van der Waals surface area contributed by atoms with Gasteiger partial charge in [-0.05, 0) is 27.0 Å². The van der Waals surface area contributed by atoms with Gasteiger partial charge in [0.15, 0.2) is 0 Å². The molecule has 0 bridgehead atoms.